The van der Waals surface area contributed by atoms with Gasteiger partial charge in [0.05, 0.1) is 0 Å². The topological polar surface area (TPSA) is 0 Å². The Kier molecular flexibility index (Phi) is 13.0. The van der Waals surface area contributed by atoms with Gasteiger partial charge in [0.25, 0.3) is 0 Å². The van der Waals surface area contributed by atoms with E-state index < -0.39 is 0 Å². The largest absolute Gasteiger partial charge is 0.0795 e. The third-order valence-corrected chi connectivity index (χ3v) is 3.38. The number of benzene rings is 2. The van der Waals surface area contributed by atoms with E-state index in [4.69, 9.17) is 0 Å². The summed E-state index contributed by atoms with van der Waals surface area (Å²) in [6.45, 7) is 13.0. The second kappa shape index (κ2) is 14.0. The highest BCUT2D eigenvalue weighted by molar-refractivity contribution is 5.60. The normalized spacial score (nSPS) is 11.9. The van der Waals surface area contributed by atoms with Gasteiger partial charge in [0.2, 0.25) is 0 Å². The lowest BCUT2D eigenvalue weighted by Gasteiger charge is -1.93. The van der Waals surface area contributed by atoms with E-state index in [0.29, 0.717) is 0 Å². The second-order valence-corrected chi connectivity index (χ2v) is 8.07. The molecule has 0 aromatic heterocycles. The fraction of sp³-hybridized carbons (Fsp3) is 0.407. The van der Waals surface area contributed by atoms with Crippen molar-refractivity contribution < 1.29 is 0 Å². The average Bonchev–Trinajstić information content (AvgIpc) is 3.23. The van der Waals surface area contributed by atoms with E-state index in [1.165, 1.54) is 22.3 Å². The van der Waals surface area contributed by atoms with Gasteiger partial charge in [-0.1, -0.05) is 122 Å². The van der Waals surface area contributed by atoms with Crippen LogP contribution in [0.4, 0.5) is 0 Å². The van der Waals surface area contributed by atoms with Crippen molar-refractivity contribution in [2.45, 2.75) is 61.8 Å². The molecule has 0 N–H and O–H groups in total. The fourth-order valence-corrected chi connectivity index (χ4v) is 2.39. The van der Waals surface area contributed by atoms with E-state index >= 15 is 0 Å². The first-order chi connectivity index (χ1) is 12.4. The molecular weight excluding hydrogens is 324 g/mol. The van der Waals surface area contributed by atoms with E-state index in [0.717, 1.165) is 24.7 Å². The van der Waals surface area contributed by atoms with Crippen molar-refractivity contribution in [2.24, 2.45) is 11.8 Å². The van der Waals surface area contributed by atoms with Crippen molar-refractivity contribution in [3.63, 3.8) is 0 Å². The smallest absolute Gasteiger partial charge is 0.00882 e. The van der Waals surface area contributed by atoms with Crippen LogP contribution in [0.15, 0.2) is 60.7 Å². The van der Waals surface area contributed by atoms with E-state index in [2.05, 4.69) is 114 Å². The molecule has 0 unspecified atom stereocenters. The highest BCUT2D eigenvalue weighted by Crippen LogP contribution is 2.18. The molecular formula is C27H40. The van der Waals surface area contributed by atoms with Crippen molar-refractivity contribution in [3.8, 4) is 0 Å². The summed E-state index contributed by atoms with van der Waals surface area (Å²) in [6.07, 6.45) is 11.0. The average molecular weight is 365 g/mol. The van der Waals surface area contributed by atoms with Crippen molar-refractivity contribution in [1.82, 2.24) is 0 Å². The molecule has 0 amide bonds. The Bertz CT molecular complexity index is 620. The van der Waals surface area contributed by atoms with Gasteiger partial charge in [-0.3, -0.25) is 0 Å². The lowest BCUT2D eigenvalue weighted by molar-refractivity contribution is 0.736. The molecule has 2 aliphatic carbocycles. The van der Waals surface area contributed by atoms with Gasteiger partial charge in [-0.25, -0.2) is 0 Å². The molecule has 0 heterocycles. The highest BCUT2D eigenvalue weighted by atomic mass is 14.1. The maximum absolute atomic E-state index is 2.20. The number of rotatable bonds is 0. The summed E-state index contributed by atoms with van der Waals surface area (Å²) in [5, 5.41) is 0. The number of allylic oxidation sites excluding steroid dienone is 2. The van der Waals surface area contributed by atoms with E-state index in [1.54, 1.807) is 0 Å². The van der Waals surface area contributed by atoms with Crippen molar-refractivity contribution in [3.05, 3.63) is 82.9 Å². The van der Waals surface area contributed by atoms with E-state index in [1.807, 2.05) is 0 Å². The summed E-state index contributed by atoms with van der Waals surface area (Å²) in [6, 6.07) is 17.0. The van der Waals surface area contributed by atoms with Crippen molar-refractivity contribution in [1.29, 1.82) is 0 Å². The third kappa shape index (κ3) is 11.3. The monoisotopic (exact) mass is 364 g/mol. The lowest BCUT2D eigenvalue weighted by Crippen LogP contribution is -1.76. The molecule has 0 atom stereocenters. The molecule has 0 aliphatic heterocycles. The molecule has 0 fully saturated rings. The molecule has 0 saturated carbocycles. The Morgan fingerprint density at radius 2 is 0.852 bits per heavy atom. The molecule has 0 saturated heterocycles. The van der Waals surface area contributed by atoms with Crippen LogP contribution in [0.1, 0.15) is 71.2 Å². The van der Waals surface area contributed by atoms with Crippen molar-refractivity contribution in [2.75, 3.05) is 0 Å². The Labute approximate surface area is 169 Å². The molecule has 0 nitrogen and oxygen atoms in total. The Morgan fingerprint density at radius 1 is 0.556 bits per heavy atom. The quantitative estimate of drug-likeness (QED) is 0.439. The maximum atomic E-state index is 2.20. The summed E-state index contributed by atoms with van der Waals surface area (Å²) in [7, 11) is 0. The Balaban J connectivity index is 0.000000357. The zero-order valence-corrected chi connectivity index (χ0v) is 17.5. The fourth-order valence-electron chi connectivity index (χ4n) is 2.39. The molecule has 27 heavy (non-hydrogen) atoms. The number of hydrogen-bond donors (Lipinski definition) is 0. The summed E-state index contributed by atoms with van der Waals surface area (Å²) in [4.78, 5) is 0. The van der Waals surface area contributed by atoms with E-state index in [-0.39, 0.29) is 7.43 Å². The first-order valence-electron chi connectivity index (χ1n) is 9.89. The van der Waals surface area contributed by atoms with Crippen molar-refractivity contribution >= 4 is 12.2 Å². The van der Waals surface area contributed by atoms with Crippen LogP contribution in [0.5, 0.6) is 0 Å². The third-order valence-electron chi connectivity index (χ3n) is 3.38. The molecule has 2 aliphatic rings. The molecule has 0 radical (unpaired) electrons. The van der Waals surface area contributed by atoms with Crippen LogP contribution in [-0.2, 0) is 12.8 Å². The molecule has 2 aromatic carbocycles. The standard InChI is InChI=1S/2C9H8.2C4H10.CH4/c2*1-2-5-9-7-3-6-8(9)4-1;2*1-4(2)3;/h2*1-6H,7H2;2*4H,1-3H3;1H4. The van der Waals surface area contributed by atoms with Gasteiger partial charge in [0.15, 0.2) is 0 Å². The van der Waals surface area contributed by atoms with Crippen LogP contribution in [-0.4, -0.2) is 0 Å². The first kappa shape index (κ1) is 24.9. The predicted molar refractivity (Wildman–Crippen MR) is 126 cm³/mol. The zero-order valence-electron chi connectivity index (χ0n) is 17.5. The molecule has 0 bridgehead atoms. The Hall–Kier alpha value is -2.08. The van der Waals surface area contributed by atoms with Crippen LogP contribution in [0.2, 0.25) is 0 Å². The highest BCUT2D eigenvalue weighted by Gasteiger charge is 2.01. The van der Waals surface area contributed by atoms with Crippen LogP contribution in [0.25, 0.3) is 12.2 Å². The van der Waals surface area contributed by atoms with E-state index in [9.17, 15) is 0 Å². The SMILES string of the molecule is C.C1=Cc2ccccc2C1.C1=Cc2ccccc2C1.CC(C)C.CC(C)C. The molecule has 4 rings (SSSR count). The summed E-state index contributed by atoms with van der Waals surface area (Å²) in [5.41, 5.74) is 5.69. The molecule has 0 spiro atoms. The second-order valence-electron chi connectivity index (χ2n) is 8.07. The van der Waals surface area contributed by atoms with Gasteiger partial charge in [0.1, 0.15) is 0 Å². The number of fused-ring (bicyclic) bond motifs is 2. The predicted octanol–water partition coefficient (Wildman–Crippen LogP) is 8.47. The summed E-state index contributed by atoms with van der Waals surface area (Å²) in [5.74, 6) is 1.67. The lowest BCUT2D eigenvalue weighted by atomic mass is 10.1. The van der Waals surface area contributed by atoms with Gasteiger partial charge in [-0.05, 0) is 46.9 Å². The number of hydrogen-bond acceptors (Lipinski definition) is 0. The zero-order chi connectivity index (χ0) is 19.4. The minimum atomic E-state index is 0. The first-order valence-corrected chi connectivity index (χ1v) is 9.89. The Morgan fingerprint density at radius 3 is 1.15 bits per heavy atom. The van der Waals surface area contributed by atoms with Gasteiger partial charge >= 0.3 is 0 Å². The van der Waals surface area contributed by atoms with Crippen LogP contribution < -0.4 is 0 Å². The van der Waals surface area contributed by atoms with Crippen LogP contribution >= 0.6 is 0 Å². The van der Waals surface area contributed by atoms with Crippen LogP contribution in [0, 0.1) is 11.8 Å². The van der Waals surface area contributed by atoms with Gasteiger partial charge in [-0.2, -0.15) is 0 Å². The minimum absolute atomic E-state index is 0. The van der Waals surface area contributed by atoms with Crippen LogP contribution in [0.3, 0.4) is 0 Å². The van der Waals surface area contributed by atoms with Gasteiger partial charge in [0, 0.05) is 0 Å². The summed E-state index contributed by atoms with van der Waals surface area (Å²) < 4.78 is 0. The maximum Gasteiger partial charge on any atom is -0.00882 e. The molecule has 148 valence electrons. The minimum Gasteiger partial charge on any atom is -0.0795 e. The molecule has 2 aromatic rings. The summed E-state index contributed by atoms with van der Waals surface area (Å²) >= 11 is 0. The van der Waals surface area contributed by atoms with Gasteiger partial charge < -0.3 is 0 Å². The molecule has 0 heteroatoms. The van der Waals surface area contributed by atoms with Gasteiger partial charge in [-0.15, -0.1) is 0 Å².